The Labute approximate surface area is 199 Å². The number of fused-ring (bicyclic) bond motifs is 1. The third-order valence-corrected chi connectivity index (χ3v) is 9.14. The van der Waals surface area contributed by atoms with E-state index in [1.165, 1.54) is 49.8 Å². The van der Waals surface area contributed by atoms with Gasteiger partial charge in [0.05, 0.1) is 37.4 Å². The van der Waals surface area contributed by atoms with Gasteiger partial charge in [-0.3, -0.25) is 9.59 Å². The van der Waals surface area contributed by atoms with Crippen LogP contribution in [0.3, 0.4) is 0 Å². The van der Waals surface area contributed by atoms with Crippen molar-refractivity contribution in [3.8, 4) is 0 Å². The van der Waals surface area contributed by atoms with Crippen LogP contribution in [0, 0.1) is 23.2 Å². The van der Waals surface area contributed by atoms with Crippen LogP contribution in [-0.2, 0) is 22.6 Å². The number of amides is 2. The second-order valence-corrected chi connectivity index (χ2v) is 11.5. The van der Waals surface area contributed by atoms with Crippen LogP contribution in [0.15, 0.2) is 6.33 Å². The molecule has 0 aromatic carbocycles. The molecule has 7 rings (SSSR count). The molecule has 1 aromatic heterocycles. The van der Waals surface area contributed by atoms with E-state index in [0.717, 1.165) is 34.8 Å². The van der Waals surface area contributed by atoms with Gasteiger partial charge in [0.15, 0.2) is 0 Å². The van der Waals surface area contributed by atoms with Crippen LogP contribution >= 0.6 is 0 Å². The van der Waals surface area contributed by atoms with E-state index in [0.29, 0.717) is 26.1 Å². The minimum atomic E-state index is -0.683. The van der Waals surface area contributed by atoms with Crippen molar-refractivity contribution in [1.82, 2.24) is 19.8 Å². The van der Waals surface area contributed by atoms with Crippen molar-refractivity contribution < 1.29 is 19.8 Å². The van der Waals surface area contributed by atoms with Crippen molar-refractivity contribution in [2.24, 2.45) is 23.2 Å². The van der Waals surface area contributed by atoms with Crippen LogP contribution in [0.2, 0.25) is 0 Å². The zero-order valence-electron chi connectivity index (χ0n) is 19.7. The van der Waals surface area contributed by atoms with Crippen molar-refractivity contribution in [3.63, 3.8) is 0 Å². The first-order valence-corrected chi connectivity index (χ1v) is 12.9. The van der Waals surface area contributed by atoms with Crippen LogP contribution in [0.1, 0.15) is 56.2 Å². The molecule has 1 saturated heterocycles. The van der Waals surface area contributed by atoms with Gasteiger partial charge in [-0.15, -0.1) is 0 Å². The van der Waals surface area contributed by atoms with E-state index in [1.54, 1.807) is 4.90 Å². The molecule has 2 atom stereocenters. The lowest BCUT2D eigenvalue weighted by Gasteiger charge is -2.58. The van der Waals surface area contributed by atoms with E-state index in [2.05, 4.69) is 15.3 Å². The Kier molecular flexibility index (Phi) is 5.52. The number of likely N-dealkylation sites (tertiary alicyclic amines) is 1. The van der Waals surface area contributed by atoms with Crippen LogP contribution in [0.5, 0.6) is 0 Å². The fraction of sp³-hybridized carbons (Fsp3) is 0.760. The summed E-state index contributed by atoms with van der Waals surface area (Å²) in [5.41, 5.74) is 1.89. The number of β-amino-alcohol motifs (C(OH)–C–C–N with tert-alkyl or cyclic N) is 1. The zero-order valence-corrected chi connectivity index (χ0v) is 19.7. The second-order valence-electron chi connectivity index (χ2n) is 11.5. The van der Waals surface area contributed by atoms with Gasteiger partial charge in [0, 0.05) is 25.2 Å². The lowest BCUT2D eigenvalue weighted by atomic mass is 9.48. The Balaban J connectivity index is 1.09. The van der Waals surface area contributed by atoms with E-state index >= 15 is 0 Å². The summed E-state index contributed by atoms with van der Waals surface area (Å²) in [5, 5.41) is 24.3. The molecule has 9 nitrogen and oxygen atoms in total. The largest absolute Gasteiger partial charge is 0.391 e. The van der Waals surface area contributed by atoms with Gasteiger partial charge in [0.25, 0.3) is 0 Å². The van der Waals surface area contributed by atoms with Crippen LogP contribution < -0.4 is 5.32 Å². The Bertz CT molecular complexity index is 949. The molecule has 6 aliphatic rings. The molecule has 9 heteroatoms. The summed E-state index contributed by atoms with van der Waals surface area (Å²) in [6.45, 7) is 1.64. The van der Waals surface area contributed by atoms with Gasteiger partial charge in [-0.1, -0.05) is 0 Å². The summed E-state index contributed by atoms with van der Waals surface area (Å²) >= 11 is 0. The van der Waals surface area contributed by atoms with Crippen molar-refractivity contribution in [1.29, 1.82) is 0 Å². The molecule has 3 heterocycles. The molecular formula is C25H35N5O4. The number of rotatable bonds is 6. The van der Waals surface area contributed by atoms with E-state index in [4.69, 9.17) is 0 Å². The highest BCUT2D eigenvalue weighted by Crippen LogP contribution is 2.61. The first kappa shape index (κ1) is 22.2. The van der Waals surface area contributed by atoms with Gasteiger partial charge >= 0.3 is 0 Å². The van der Waals surface area contributed by atoms with E-state index < -0.39 is 6.10 Å². The minimum Gasteiger partial charge on any atom is -0.391 e. The summed E-state index contributed by atoms with van der Waals surface area (Å²) in [6.07, 6.45) is 8.77. The molecule has 4 bridgehead atoms. The molecule has 5 fully saturated rings. The van der Waals surface area contributed by atoms with Gasteiger partial charge in [0.2, 0.25) is 11.8 Å². The van der Waals surface area contributed by atoms with Crippen molar-refractivity contribution >= 4 is 17.6 Å². The standard InChI is InChI=1S/C25H35N5O4/c31-18-6-22(33)30(11-18)13-23(34)29-2-1-19-20(12-29)27-14-28-24(19)26-10-21(32)25-7-15-3-16(8-25)5-17(4-15)9-25/h14-18,21,31-32H,1-13H2,(H,26,27,28)/t15?,16?,17?,18-,21?,25?/m1/s1. The Morgan fingerprint density at radius 2 is 1.88 bits per heavy atom. The fourth-order valence-corrected chi connectivity index (χ4v) is 7.88. The molecule has 4 saturated carbocycles. The molecule has 4 aliphatic carbocycles. The molecule has 3 N–H and O–H groups in total. The van der Waals surface area contributed by atoms with Crippen LogP contribution in [-0.4, -0.2) is 80.2 Å². The molecule has 1 aromatic rings. The summed E-state index contributed by atoms with van der Waals surface area (Å²) in [6, 6.07) is 0. The number of carbonyl (C=O) groups excluding carboxylic acids is 2. The van der Waals surface area contributed by atoms with E-state index in [1.807, 2.05) is 0 Å². The average molecular weight is 470 g/mol. The normalized spacial score (nSPS) is 34.9. The van der Waals surface area contributed by atoms with Gasteiger partial charge in [-0.05, 0) is 68.1 Å². The lowest BCUT2D eigenvalue weighted by Crippen LogP contribution is -2.53. The molecule has 34 heavy (non-hydrogen) atoms. The highest BCUT2D eigenvalue weighted by atomic mass is 16.3. The Morgan fingerprint density at radius 3 is 2.53 bits per heavy atom. The topological polar surface area (TPSA) is 119 Å². The van der Waals surface area contributed by atoms with Gasteiger partial charge in [-0.25, -0.2) is 9.97 Å². The maximum atomic E-state index is 12.8. The van der Waals surface area contributed by atoms with Crippen molar-refractivity contribution in [2.75, 3.05) is 31.5 Å². The molecular weight excluding hydrogens is 434 g/mol. The monoisotopic (exact) mass is 469 g/mol. The van der Waals surface area contributed by atoms with Crippen LogP contribution in [0.4, 0.5) is 5.82 Å². The molecule has 2 amide bonds. The smallest absolute Gasteiger partial charge is 0.242 e. The highest BCUT2D eigenvalue weighted by molar-refractivity contribution is 5.86. The van der Waals surface area contributed by atoms with Gasteiger partial charge in [0.1, 0.15) is 12.1 Å². The van der Waals surface area contributed by atoms with Crippen molar-refractivity contribution in [2.45, 2.75) is 70.1 Å². The fourth-order valence-electron chi connectivity index (χ4n) is 7.88. The third kappa shape index (κ3) is 3.96. The number of hydrogen-bond donors (Lipinski definition) is 3. The minimum absolute atomic E-state index is 0.00131. The lowest BCUT2D eigenvalue weighted by molar-refractivity contribution is -0.139. The number of anilines is 1. The first-order valence-electron chi connectivity index (χ1n) is 12.9. The predicted molar refractivity (Wildman–Crippen MR) is 123 cm³/mol. The summed E-state index contributed by atoms with van der Waals surface area (Å²) < 4.78 is 0. The van der Waals surface area contributed by atoms with Gasteiger partial charge in [-0.2, -0.15) is 0 Å². The molecule has 0 radical (unpaired) electrons. The number of nitrogens with zero attached hydrogens (tertiary/aromatic N) is 4. The number of aromatic nitrogens is 2. The maximum absolute atomic E-state index is 12.8. The number of aliphatic hydroxyl groups excluding tert-OH is 2. The van der Waals surface area contributed by atoms with Gasteiger partial charge < -0.3 is 25.3 Å². The molecule has 1 unspecified atom stereocenters. The maximum Gasteiger partial charge on any atom is 0.242 e. The number of carbonyl (C=O) groups is 2. The van der Waals surface area contributed by atoms with E-state index in [-0.39, 0.29) is 42.8 Å². The SMILES string of the molecule is O=C(CN1C[C@H](O)CC1=O)N1CCc2c(ncnc2NCC(O)C23CC4CC(CC(C4)C2)C3)C1. The predicted octanol–water partition coefficient (Wildman–Crippen LogP) is 0.944. The van der Waals surface area contributed by atoms with Crippen LogP contribution in [0.25, 0.3) is 0 Å². The number of aliphatic hydroxyl groups is 2. The average Bonchev–Trinajstić information content (AvgIpc) is 3.12. The summed E-state index contributed by atoms with van der Waals surface area (Å²) in [7, 11) is 0. The Hall–Kier alpha value is -2.26. The second kappa shape index (κ2) is 8.45. The quantitative estimate of drug-likeness (QED) is 0.567. The number of hydrogen-bond acceptors (Lipinski definition) is 7. The zero-order chi connectivity index (χ0) is 23.4. The Morgan fingerprint density at radius 1 is 1.18 bits per heavy atom. The summed E-state index contributed by atoms with van der Waals surface area (Å²) in [4.78, 5) is 36.7. The molecule has 0 spiro atoms. The summed E-state index contributed by atoms with van der Waals surface area (Å²) in [5.74, 6) is 2.86. The van der Waals surface area contributed by atoms with E-state index in [9.17, 15) is 19.8 Å². The van der Waals surface area contributed by atoms with Crippen molar-refractivity contribution in [3.05, 3.63) is 17.6 Å². The first-order chi connectivity index (χ1) is 16.4. The molecule has 184 valence electrons. The number of nitrogens with one attached hydrogen (secondary N) is 1. The third-order valence-electron chi connectivity index (χ3n) is 9.14. The molecule has 2 aliphatic heterocycles. The highest BCUT2D eigenvalue weighted by Gasteiger charge is 2.53.